The standard InChI is InChI=1S/C42H32N4.4C2H6/c43-31-21-23-36(24-22-31)46-41-27-25-37(44(32-13-5-1-6-14-32)33-15-7-2-8-16-33)29-39(41)40-30-38(26-28-42(40)46)45(34-17-9-3-10-18-34)35-19-11-4-12-20-35;4*1-2/h1-30H,43H2;4*1-2H3. The van der Waals surface area contributed by atoms with Crippen molar-refractivity contribution in [3.63, 3.8) is 0 Å². The van der Waals surface area contributed by atoms with Gasteiger partial charge in [-0.25, -0.2) is 0 Å². The molecule has 0 aliphatic rings. The zero-order chi connectivity index (χ0) is 38.9. The summed E-state index contributed by atoms with van der Waals surface area (Å²) in [6.07, 6.45) is 0. The molecule has 0 bridgehead atoms. The Balaban J connectivity index is 0.000000764. The van der Waals surface area contributed by atoms with E-state index in [1.54, 1.807) is 0 Å². The van der Waals surface area contributed by atoms with Gasteiger partial charge in [0.15, 0.2) is 0 Å². The molecule has 1 heterocycles. The molecule has 276 valence electrons. The molecule has 1 aromatic heterocycles. The largest absolute Gasteiger partial charge is 0.399 e. The van der Waals surface area contributed by atoms with Gasteiger partial charge in [-0.05, 0) is 109 Å². The Labute approximate surface area is 323 Å². The number of benzene rings is 7. The number of nitrogens with two attached hydrogens (primary N) is 1. The van der Waals surface area contributed by atoms with E-state index in [2.05, 4.69) is 184 Å². The molecule has 0 unspecified atom stereocenters. The minimum Gasteiger partial charge on any atom is -0.399 e. The van der Waals surface area contributed by atoms with Gasteiger partial charge in [0.25, 0.3) is 0 Å². The van der Waals surface area contributed by atoms with Crippen LogP contribution in [0.5, 0.6) is 0 Å². The average Bonchev–Trinajstić information content (AvgIpc) is 3.59. The van der Waals surface area contributed by atoms with Gasteiger partial charge in [0.2, 0.25) is 0 Å². The van der Waals surface area contributed by atoms with E-state index in [1.807, 2.05) is 67.5 Å². The molecular weight excluding hydrogens is 657 g/mol. The van der Waals surface area contributed by atoms with Crippen LogP contribution in [0, 0.1) is 0 Å². The van der Waals surface area contributed by atoms with Gasteiger partial charge >= 0.3 is 0 Å². The number of para-hydroxylation sites is 4. The van der Waals surface area contributed by atoms with Crippen molar-refractivity contribution in [2.75, 3.05) is 15.5 Å². The second-order valence-corrected chi connectivity index (χ2v) is 11.3. The van der Waals surface area contributed by atoms with Crippen LogP contribution in [0.25, 0.3) is 27.5 Å². The summed E-state index contributed by atoms with van der Waals surface area (Å²) in [6, 6.07) is 63.9. The maximum atomic E-state index is 6.11. The number of nitrogens with zero attached hydrogens (tertiary/aromatic N) is 3. The lowest BCUT2D eigenvalue weighted by Crippen LogP contribution is -2.09. The Bertz CT molecular complexity index is 2030. The van der Waals surface area contributed by atoms with Crippen molar-refractivity contribution >= 4 is 61.6 Å². The Morgan fingerprint density at radius 2 is 0.630 bits per heavy atom. The summed E-state index contributed by atoms with van der Waals surface area (Å²) in [7, 11) is 0. The second-order valence-electron chi connectivity index (χ2n) is 11.3. The van der Waals surface area contributed by atoms with Crippen molar-refractivity contribution in [3.05, 3.63) is 182 Å². The molecule has 7 aromatic carbocycles. The SMILES string of the molecule is CC.CC.CC.CC.Nc1ccc(-n2c3ccc(N(c4ccccc4)c4ccccc4)cc3c3cc(N(c4ccccc4)c4ccccc4)ccc32)cc1. The maximum Gasteiger partial charge on any atom is 0.0542 e. The lowest BCUT2D eigenvalue weighted by Gasteiger charge is -2.26. The molecule has 2 N–H and O–H groups in total. The van der Waals surface area contributed by atoms with Gasteiger partial charge in [0.05, 0.1) is 11.0 Å². The molecule has 8 aromatic rings. The van der Waals surface area contributed by atoms with Gasteiger partial charge in [-0.3, -0.25) is 0 Å². The fourth-order valence-electron chi connectivity index (χ4n) is 6.38. The highest BCUT2D eigenvalue weighted by Gasteiger charge is 2.19. The molecule has 0 saturated heterocycles. The van der Waals surface area contributed by atoms with E-state index in [-0.39, 0.29) is 0 Å². The van der Waals surface area contributed by atoms with Crippen LogP contribution in [0.3, 0.4) is 0 Å². The molecule has 0 radical (unpaired) electrons. The smallest absolute Gasteiger partial charge is 0.0542 e. The molecule has 0 atom stereocenters. The normalized spacial score (nSPS) is 9.93. The lowest BCUT2D eigenvalue weighted by atomic mass is 10.1. The van der Waals surface area contributed by atoms with Crippen molar-refractivity contribution in [2.24, 2.45) is 0 Å². The Hall–Kier alpha value is -6.26. The number of anilines is 7. The van der Waals surface area contributed by atoms with Gasteiger partial charge in [-0.15, -0.1) is 0 Å². The van der Waals surface area contributed by atoms with Crippen molar-refractivity contribution in [1.29, 1.82) is 0 Å². The van der Waals surface area contributed by atoms with Gasteiger partial charge in [0, 0.05) is 56.3 Å². The number of hydrogen-bond donors (Lipinski definition) is 1. The highest BCUT2D eigenvalue weighted by atomic mass is 15.1. The molecule has 54 heavy (non-hydrogen) atoms. The van der Waals surface area contributed by atoms with E-state index in [4.69, 9.17) is 5.73 Å². The van der Waals surface area contributed by atoms with Crippen LogP contribution in [-0.2, 0) is 0 Å². The Kier molecular flexibility index (Phi) is 15.5. The summed E-state index contributed by atoms with van der Waals surface area (Å²) in [5, 5.41) is 2.34. The second kappa shape index (κ2) is 20.7. The summed E-state index contributed by atoms with van der Waals surface area (Å²) < 4.78 is 2.34. The van der Waals surface area contributed by atoms with Crippen molar-refractivity contribution in [1.82, 2.24) is 4.57 Å². The summed E-state index contributed by atoms with van der Waals surface area (Å²) in [4.78, 5) is 4.63. The van der Waals surface area contributed by atoms with Crippen molar-refractivity contribution < 1.29 is 0 Å². The van der Waals surface area contributed by atoms with Gasteiger partial charge in [0.1, 0.15) is 0 Å². The van der Waals surface area contributed by atoms with Crippen LogP contribution in [0.15, 0.2) is 182 Å². The van der Waals surface area contributed by atoms with Crippen molar-refractivity contribution in [3.8, 4) is 5.69 Å². The molecular formula is C50H56N4. The predicted molar refractivity (Wildman–Crippen MR) is 240 cm³/mol. The number of aromatic nitrogens is 1. The number of nitrogen functional groups attached to an aromatic ring is 1. The topological polar surface area (TPSA) is 37.4 Å². The molecule has 4 nitrogen and oxygen atoms in total. The first-order chi connectivity index (χ1) is 26.7. The fourth-order valence-corrected chi connectivity index (χ4v) is 6.38. The summed E-state index contributed by atoms with van der Waals surface area (Å²) >= 11 is 0. The quantitative estimate of drug-likeness (QED) is 0.167. The first kappa shape index (κ1) is 40.5. The van der Waals surface area contributed by atoms with E-state index in [9.17, 15) is 0 Å². The van der Waals surface area contributed by atoms with E-state index in [0.29, 0.717) is 0 Å². The summed E-state index contributed by atoms with van der Waals surface area (Å²) in [6.45, 7) is 16.0. The predicted octanol–water partition coefficient (Wildman–Crippen LogP) is 15.4. The number of hydrogen-bond acceptors (Lipinski definition) is 3. The van der Waals surface area contributed by atoms with Crippen LogP contribution >= 0.6 is 0 Å². The highest BCUT2D eigenvalue weighted by Crippen LogP contribution is 2.42. The van der Waals surface area contributed by atoms with Gasteiger partial charge < -0.3 is 20.1 Å². The van der Waals surface area contributed by atoms with Crippen LogP contribution in [0.4, 0.5) is 39.8 Å². The van der Waals surface area contributed by atoms with E-state index in [1.165, 1.54) is 10.8 Å². The molecule has 0 fully saturated rings. The van der Waals surface area contributed by atoms with E-state index >= 15 is 0 Å². The first-order valence-electron chi connectivity index (χ1n) is 19.5. The van der Waals surface area contributed by atoms with Crippen LogP contribution < -0.4 is 15.5 Å². The molecule has 0 aliphatic carbocycles. The first-order valence-corrected chi connectivity index (χ1v) is 19.5. The molecule has 0 spiro atoms. The summed E-state index contributed by atoms with van der Waals surface area (Å²) in [5.74, 6) is 0. The maximum absolute atomic E-state index is 6.11. The Morgan fingerprint density at radius 1 is 0.333 bits per heavy atom. The third kappa shape index (κ3) is 8.85. The van der Waals surface area contributed by atoms with Gasteiger partial charge in [-0.1, -0.05) is 128 Å². The molecule has 4 heteroatoms. The average molecular weight is 713 g/mol. The highest BCUT2D eigenvalue weighted by molar-refractivity contribution is 6.12. The number of rotatable bonds is 7. The fraction of sp³-hybridized carbons (Fsp3) is 0.160. The lowest BCUT2D eigenvalue weighted by molar-refractivity contribution is 1.18. The summed E-state index contributed by atoms with van der Waals surface area (Å²) in [5.41, 5.74) is 16.8. The minimum absolute atomic E-state index is 0.747. The van der Waals surface area contributed by atoms with E-state index in [0.717, 1.165) is 56.5 Å². The zero-order valence-corrected chi connectivity index (χ0v) is 33.2. The van der Waals surface area contributed by atoms with Crippen molar-refractivity contribution in [2.45, 2.75) is 55.4 Å². The van der Waals surface area contributed by atoms with E-state index < -0.39 is 0 Å². The molecule has 0 aliphatic heterocycles. The minimum atomic E-state index is 0.747. The zero-order valence-electron chi connectivity index (χ0n) is 33.2. The molecule has 0 saturated carbocycles. The third-order valence-corrected chi connectivity index (χ3v) is 8.46. The van der Waals surface area contributed by atoms with Crippen LogP contribution in [0.2, 0.25) is 0 Å². The number of fused-ring (bicyclic) bond motifs is 3. The molecule has 8 rings (SSSR count). The monoisotopic (exact) mass is 712 g/mol. The van der Waals surface area contributed by atoms with Gasteiger partial charge in [-0.2, -0.15) is 0 Å². The third-order valence-electron chi connectivity index (χ3n) is 8.46. The van der Waals surface area contributed by atoms with Crippen LogP contribution in [-0.4, -0.2) is 4.57 Å². The molecule has 0 amide bonds. The Morgan fingerprint density at radius 3 is 0.926 bits per heavy atom. The van der Waals surface area contributed by atoms with Crippen LogP contribution in [0.1, 0.15) is 55.4 Å².